The average molecular weight is 413 g/mol. The van der Waals surface area contributed by atoms with E-state index in [1.54, 1.807) is 0 Å². The van der Waals surface area contributed by atoms with Gasteiger partial charge in [0.2, 0.25) is 0 Å². The number of carbonyl (C=O) groups excluding carboxylic acids is 1. The summed E-state index contributed by atoms with van der Waals surface area (Å²) in [6, 6.07) is 8.24. The SMILES string of the molecule is C[C@]1(c2cc(NC(=O)c3ccc(C#N)cn3)ccc2F)N=C(N)OC2(COC2)[C@H]1F. The van der Waals surface area contributed by atoms with Crippen LogP contribution < -0.4 is 11.1 Å². The second-order valence-electron chi connectivity index (χ2n) is 7.31. The highest BCUT2D eigenvalue weighted by Gasteiger charge is 2.61. The van der Waals surface area contributed by atoms with E-state index in [0.717, 1.165) is 6.07 Å². The molecule has 1 fully saturated rings. The van der Waals surface area contributed by atoms with Crippen LogP contribution in [-0.2, 0) is 15.0 Å². The fourth-order valence-electron chi connectivity index (χ4n) is 3.57. The summed E-state index contributed by atoms with van der Waals surface area (Å²) in [5, 5.41) is 11.4. The quantitative estimate of drug-likeness (QED) is 0.794. The number of nitriles is 1. The van der Waals surface area contributed by atoms with Crippen LogP contribution in [0.5, 0.6) is 0 Å². The highest BCUT2D eigenvalue weighted by molar-refractivity contribution is 6.02. The molecule has 1 aromatic heterocycles. The van der Waals surface area contributed by atoms with E-state index in [1.165, 1.54) is 37.4 Å². The van der Waals surface area contributed by atoms with Gasteiger partial charge in [-0.25, -0.2) is 18.8 Å². The van der Waals surface area contributed by atoms with Crippen LogP contribution in [0.4, 0.5) is 14.5 Å². The van der Waals surface area contributed by atoms with Gasteiger partial charge in [-0.1, -0.05) is 0 Å². The third-order valence-electron chi connectivity index (χ3n) is 5.19. The highest BCUT2D eigenvalue weighted by Crippen LogP contribution is 2.45. The summed E-state index contributed by atoms with van der Waals surface area (Å²) in [6.07, 6.45) is -0.467. The monoisotopic (exact) mass is 413 g/mol. The Morgan fingerprint density at radius 2 is 2.13 bits per heavy atom. The Bertz CT molecular complexity index is 1080. The number of aromatic nitrogens is 1. The molecule has 1 spiro atoms. The number of alkyl halides is 1. The number of nitrogens with zero attached hydrogens (tertiary/aromatic N) is 3. The van der Waals surface area contributed by atoms with Crippen molar-refractivity contribution in [1.29, 1.82) is 5.26 Å². The van der Waals surface area contributed by atoms with Gasteiger partial charge in [0.15, 0.2) is 11.8 Å². The molecule has 2 aliphatic heterocycles. The first-order valence-electron chi connectivity index (χ1n) is 9.01. The number of aliphatic imine (C=N–C) groups is 1. The van der Waals surface area contributed by atoms with Crippen LogP contribution in [0.15, 0.2) is 41.5 Å². The van der Waals surface area contributed by atoms with E-state index in [1.807, 2.05) is 6.07 Å². The first-order chi connectivity index (χ1) is 14.3. The highest BCUT2D eigenvalue weighted by atomic mass is 19.1. The number of nitrogens with one attached hydrogen (secondary N) is 1. The van der Waals surface area contributed by atoms with Gasteiger partial charge in [0.1, 0.15) is 23.1 Å². The van der Waals surface area contributed by atoms with Crippen LogP contribution >= 0.6 is 0 Å². The number of pyridine rings is 1. The summed E-state index contributed by atoms with van der Waals surface area (Å²) >= 11 is 0. The second kappa shape index (κ2) is 7.03. The summed E-state index contributed by atoms with van der Waals surface area (Å²) in [4.78, 5) is 20.4. The van der Waals surface area contributed by atoms with E-state index in [-0.39, 0.29) is 36.2 Å². The van der Waals surface area contributed by atoms with Crippen molar-refractivity contribution >= 4 is 17.6 Å². The summed E-state index contributed by atoms with van der Waals surface area (Å²) < 4.78 is 40.6. The van der Waals surface area contributed by atoms with Gasteiger partial charge in [-0.2, -0.15) is 5.26 Å². The zero-order valence-electron chi connectivity index (χ0n) is 15.9. The average Bonchev–Trinajstić information content (AvgIpc) is 2.70. The molecule has 4 rings (SSSR count). The number of benzene rings is 1. The zero-order chi connectivity index (χ0) is 21.5. The maximum absolute atomic E-state index is 15.4. The molecule has 154 valence electrons. The predicted octanol–water partition coefficient (Wildman–Crippen LogP) is 2.01. The maximum Gasteiger partial charge on any atom is 0.283 e. The van der Waals surface area contributed by atoms with E-state index in [0.29, 0.717) is 5.56 Å². The van der Waals surface area contributed by atoms with Gasteiger partial charge in [-0.05, 0) is 37.3 Å². The standard InChI is InChI=1S/C20H17F2N5O3/c1-19(17(22)20(9-29-10-20)30-18(24)27-19)13-6-12(3-4-14(13)21)26-16(28)15-5-2-11(7-23)8-25-15/h2-6,8,17H,9-10H2,1H3,(H2,24,27)(H,26,28)/t17-,19+/m0/s1. The first kappa shape index (κ1) is 19.7. The summed E-state index contributed by atoms with van der Waals surface area (Å²) in [5.41, 5.74) is 3.25. The molecule has 0 aliphatic carbocycles. The molecule has 2 atom stereocenters. The molecule has 1 aromatic carbocycles. The molecule has 2 aliphatic rings. The van der Waals surface area contributed by atoms with Crippen molar-refractivity contribution in [3.63, 3.8) is 0 Å². The second-order valence-corrected chi connectivity index (χ2v) is 7.31. The van der Waals surface area contributed by atoms with E-state index in [4.69, 9.17) is 20.5 Å². The Balaban J connectivity index is 1.65. The Labute approximate surface area is 170 Å². The third-order valence-corrected chi connectivity index (χ3v) is 5.19. The number of amidine groups is 1. The topological polar surface area (TPSA) is 123 Å². The molecule has 30 heavy (non-hydrogen) atoms. The molecule has 1 saturated heterocycles. The maximum atomic E-state index is 15.4. The predicted molar refractivity (Wildman–Crippen MR) is 102 cm³/mol. The molecule has 3 N–H and O–H groups in total. The number of ether oxygens (including phenoxy) is 2. The van der Waals surface area contributed by atoms with Crippen LogP contribution in [0.1, 0.15) is 28.5 Å². The number of anilines is 1. The number of nitrogens with two attached hydrogens (primary N) is 1. The Morgan fingerprint density at radius 1 is 1.37 bits per heavy atom. The van der Waals surface area contributed by atoms with Crippen molar-refractivity contribution < 1.29 is 23.0 Å². The van der Waals surface area contributed by atoms with Crippen molar-refractivity contribution in [2.75, 3.05) is 18.5 Å². The lowest BCUT2D eigenvalue weighted by molar-refractivity contribution is -0.221. The Kier molecular flexibility index (Phi) is 4.63. The molecule has 0 saturated carbocycles. The number of carbonyl (C=O) groups is 1. The Morgan fingerprint density at radius 3 is 2.73 bits per heavy atom. The van der Waals surface area contributed by atoms with E-state index in [9.17, 15) is 9.18 Å². The lowest BCUT2D eigenvalue weighted by Crippen LogP contribution is -2.67. The minimum Gasteiger partial charge on any atom is -0.451 e. The van der Waals surface area contributed by atoms with Gasteiger partial charge in [0, 0.05) is 17.4 Å². The number of hydrogen-bond acceptors (Lipinski definition) is 7. The van der Waals surface area contributed by atoms with Crippen LogP contribution in [0.25, 0.3) is 0 Å². The summed E-state index contributed by atoms with van der Waals surface area (Å²) in [6.45, 7) is 1.37. The molecule has 1 amide bonds. The van der Waals surface area contributed by atoms with E-state index < -0.39 is 29.0 Å². The minimum absolute atomic E-state index is 0.0254. The molecule has 0 bridgehead atoms. The van der Waals surface area contributed by atoms with Crippen molar-refractivity contribution in [2.24, 2.45) is 10.7 Å². The lowest BCUT2D eigenvalue weighted by atomic mass is 9.76. The van der Waals surface area contributed by atoms with E-state index >= 15 is 4.39 Å². The number of amides is 1. The third kappa shape index (κ3) is 3.13. The normalized spacial score (nSPS) is 24.2. The number of hydrogen-bond donors (Lipinski definition) is 2. The first-order valence-corrected chi connectivity index (χ1v) is 9.01. The summed E-state index contributed by atoms with van der Waals surface area (Å²) in [5.74, 6) is -1.28. The smallest absolute Gasteiger partial charge is 0.283 e. The molecule has 2 aromatic rings. The largest absolute Gasteiger partial charge is 0.451 e. The molecular formula is C20H17F2N5O3. The lowest BCUT2D eigenvalue weighted by Gasteiger charge is -2.50. The zero-order valence-corrected chi connectivity index (χ0v) is 15.9. The van der Waals surface area contributed by atoms with Crippen molar-refractivity contribution in [3.8, 4) is 6.07 Å². The van der Waals surface area contributed by atoms with Gasteiger partial charge < -0.3 is 20.5 Å². The van der Waals surface area contributed by atoms with E-state index in [2.05, 4.69) is 15.3 Å². The van der Waals surface area contributed by atoms with Crippen molar-refractivity contribution in [1.82, 2.24) is 4.98 Å². The van der Waals surface area contributed by atoms with Crippen LogP contribution in [0, 0.1) is 17.1 Å². The van der Waals surface area contributed by atoms with Gasteiger partial charge in [-0.3, -0.25) is 4.79 Å². The van der Waals surface area contributed by atoms with Crippen LogP contribution in [0.2, 0.25) is 0 Å². The fraction of sp³-hybridized carbons (Fsp3) is 0.300. The van der Waals surface area contributed by atoms with Gasteiger partial charge in [0.25, 0.3) is 11.9 Å². The molecule has 10 heteroatoms. The van der Waals surface area contributed by atoms with Crippen LogP contribution in [-0.4, -0.2) is 41.9 Å². The van der Waals surface area contributed by atoms with Crippen molar-refractivity contribution in [3.05, 3.63) is 59.2 Å². The number of halogens is 2. The summed E-state index contributed by atoms with van der Waals surface area (Å²) in [7, 11) is 0. The molecule has 0 unspecified atom stereocenters. The molecule has 8 nitrogen and oxygen atoms in total. The van der Waals surface area contributed by atoms with Crippen LogP contribution in [0.3, 0.4) is 0 Å². The fourth-order valence-corrected chi connectivity index (χ4v) is 3.57. The number of rotatable bonds is 3. The van der Waals surface area contributed by atoms with Gasteiger partial charge in [-0.15, -0.1) is 0 Å². The molecular weight excluding hydrogens is 396 g/mol. The molecule has 3 heterocycles. The van der Waals surface area contributed by atoms with Crippen molar-refractivity contribution in [2.45, 2.75) is 24.2 Å². The minimum atomic E-state index is -1.73. The van der Waals surface area contributed by atoms with Gasteiger partial charge >= 0.3 is 0 Å². The Hall–Kier alpha value is -3.58. The van der Waals surface area contributed by atoms with Gasteiger partial charge in [0.05, 0.1) is 18.8 Å². The molecule has 0 radical (unpaired) electrons.